The maximum atomic E-state index is 12.8. The average Bonchev–Trinajstić information content (AvgIpc) is 3.22. The molecule has 1 aromatic rings. The van der Waals surface area contributed by atoms with Crippen LogP contribution in [0.15, 0.2) is 23.1 Å². The zero-order valence-electron chi connectivity index (χ0n) is 14.7. The molecule has 1 amide bonds. The fourth-order valence-electron chi connectivity index (χ4n) is 3.18. The van der Waals surface area contributed by atoms with Crippen LogP contribution in [0, 0.1) is 17.2 Å². The van der Waals surface area contributed by atoms with Crippen molar-refractivity contribution in [2.75, 3.05) is 6.61 Å². The summed E-state index contributed by atoms with van der Waals surface area (Å²) >= 11 is 6.10. The normalized spacial score (nSPS) is 24.2. The Morgan fingerprint density at radius 2 is 2.11 bits per heavy atom. The summed E-state index contributed by atoms with van der Waals surface area (Å²) in [4.78, 5) is 12.6. The summed E-state index contributed by atoms with van der Waals surface area (Å²) in [5.41, 5.74) is -0.732. The Kier molecular flexibility index (Phi) is 5.92. The van der Waals surface area contributed by atoms with Crippen LogP contribution in [0.25, 0.3) is 0 Å². The van der Waals surface area contributed by atoms with Crippen molar-refractivity contribution in [2.45, 2.75) is 54.0 Å². The zero-order valence-corrected chi connectivity index (χ0v) is 16.3. The van der Waals surface area contributed by atoms with Gasteiger partial charge < -0.3 is 10.1 Å². The van der Waals surface area contributed by atoms with Gasteiger partial charge in [0.25, 0.3) is 0 Å². The number of alkyl halides is 3. The lowest BCUT2D eigenvalue weighted by molar-refractivity contribution is -0.153. The van der Waals surface area contributed by atoms with Gasteiger partial charge in [-0.3, -0.25) is 9.00 Å². The Labute approximate surface area is 167 Å². The highest BCUT2D eigenvalue weighted by Crippen LogP contribution is 2.38. The van der Waals surface area contributed by atoms with E-state index in [0.717, 1.165) is 0 Å². The first-order chi connectivity index (χ1) is 13.1. The molecule has 152 valence electrons. The largest absolute Gasteiger partial charge is 0.484 e. The molecule has 2 fully saturated rings. The number of hydrogen-bond acceptors (Lipinski definition) is 4. The lowest BCUT2D eigenvalue weighted by Gasteiger charge is -2.15. The number of carbonyl (C=O) groups is 1. The molecule has 2 saturated carbocycles. The highest BCUT2D eigenvalue weighted by Gasteiger charge is 2.46. The van der Waals surface area contributed by atoms with E-state index in [2.05, 4.69) is 16.1 Å². The summed E-state index contributed by atoms with van der Waals surface area (Å²) in [5, 5.41) is 11.6. The van der Waals surface area contributed by atoms with E-state index >= 15 is 0 Å². The number of rotatable bonds is 6. The van der Waals surface area contributed by atoms with Gasteiger partial charge in [0.1, 0.15) is 11.3 Å². The summed E-state index contributed by atoms with van der Waals surface area (Å²) in [7, 11) is -1.50. The maximum Gasteiger partial charge on any atom is 0.422 e. The fourth-order valence-corrected chi connectivity index (χ4v) is 5.15. The third kappa shape index (κ3) is 4.97. The summed E-state index contributed by atoms with van der Waals surface area (Å²) in [6.07, 6.45) is -1.63. The van der Waals surface area contributed by atoms with Gasteiger partial charge in [-0.05, 0) is 50.3 Å². The molecule has 2 aliphatic rings. The molecule has 3 rings (SSSR count). The number of benzene rings is 1. The molecule has 1 aromatic carbocycles. The first-order valence-corrected chi connectivity index (χ1v) is 10.3. The van der Waals surface area contributed by atoms with Crippen LogP contribution >= 0.6 is 11.6 Å². The number of halogens is 4. The maximum absolute atomic E-state index is 12.8. The average molecular weight is 435 g/mol. The van der Waals surface area contributed by atoms with Crippen molar-refractivity contribution in [3.63, 3.8) is 0 Å². The molecule has 1 N–H and O–H groups in total. The van der Waals surface area contributed by atoms with Gasteiger partial charge in [0.05, 0.1) is 26.8 Å². The molecular weight excluding hydrogens is 417 g/mol. The van der Waals surface area contributed by atoms with Crippen molar-refractivity contribution in [1.29, 1.82) is 5.26 Å². The van der Waals surface area contributed by atoms with E-state index in [0.29, 0.717) is 37.0 Å². The number of ether oxygens (including phenoxy) is 1. The molecule has 0 saturated heterocycles. The number of nitrogens with one attached hydrogen (secondary N) is 1. The molecule has 0 bridgehead atoms. The predicted octanol–water partition coefficient (Wildman–Crippen LogP) is 3.73. The quantitative estimate of drug-likeness (QED) is 0.739. The van der Waals surface area contributed by atoms with Crippen LogP contribution in [-0.4, -0.2) is 33.7 Å². The number of hydrogen-bond donors (Lipinski definition) is 1. The highest BCUT2D eigenvalue weighted by molar-refractivity contribution is 7.85. The number of amides is 1. The molecule has 2 aliphatic carbocycles. The van der Waals surface area contributed by atoms with E-state index in [4.69, 9.17) is 16.9 Å². The van der Waals surface area contributed by atoms with Gasteiger partial charge in [0.2, 0.25) is 5.91 Å². The molecule has 28 heavy (non-hydrogen) atoms. The predicted molar refractivity (Wildman–Crippen MR) is 96.3 cm³/mol. The van der Waals surface area contributed by atoms with Crippen LogP contribution in [0.3, 0.4) is 0 Å². The summed E-state index contributed by atoms with van der Waals surface area (Å²) in [6, 6.07) is 6.01. The van der Waals surface area contributed by atoms with Crippen LogP contribution < -0.4 is 10.1 Å². The molecule has 3 atom stereocenters. The number of nitrogens with zero attached hydrogens (tertiary/aromatic N) is 1. The van der Waals surface area contributed by atoms with E-state index < -0.39 is 29.1 Å². The molecule has 0 heterocycles. The number of carbonyl (C=O) groups excluding carboxylic acids is 1. The summed E-state index contributed by atoms with van der Waals surface area (Å²) in [6.45, 7) is -1.44. The van der Waals surface area contributed by atoms with E-state index in [1.54, 1.807) is 0 Å². The highest BCUT2D eigenvalue weighted by atomic mass is 35.5. The Morgan fingerprint density at radius 1 is 1.39 bits per heavy atom. The van der Waals surface area contributed by atoms with Crippen molar-refractivity contribution < 1.29 is 26.9 Å². The molecule has 5 nitrogen and oxygen atoms in total. The van der Waals surface area contributed by atoms with E-state index in [1.807, 2.05) is 0 Å². The summed E-state index contributed by atoms with van der Waals surface area (Å²) < 4.78 is 54.2. The third-order valence-corrected chi connectivity index (χ3v) is 7.16. The minimum absolute atomic E-state index is 0.0574. The van der Waals surface area contributed by atoms with Crippen molar-refractivity contribution >= 4 is 28.3 Å². The van der Waals surface area contributed by atoms with Crippen LogP contribution in [0.1, 0.15) is 32.1 Å². The van der Waals surface area contributed by atoms with Gasteiger partial charge in [0.15, 0.2) is 6.61 Å². The second-order valence-electron chi connectivity index (χ2n) is 7.11. The first kappa shape index (κ1) is 20.9. The van der Waals surface area contributed by atoms with Crippen molar-refractivity contribution in [3.8, 4) is 11.8 Å². The van der Waals surface area contributed by atoms with Gasteiger partial charge in [-0.25, -0.2) is 0 Å². The van der Waals surface area contributed by atoms with Crippen LogP contribution in [0.4, 0.5) is 13.2 Å². The molecular formula is C18H18ClF3N2O3S. The Bertz CT molecular complexity index is 836. The zero-order chi connectivity index (χ0) is 20.5. The SMILES string of the molecule is N#CC1(NC(=O)[C@@H]2CC[C@@H](S(=O)c3ccc(OCC(F)(F)F)cc3Cl)C2)CC1. The minimum atomic E-state index is -4.46. The molecule has 0 radical (unpaired) electrons. The third-order valence-electron chi connectivity index (χ3n) is 4.91. The Balaban J connectivity index is 1.60. The standard InChI is InChI=1S/C18H18ClF3N2O3S/c19-14-8-12(27-10-18(20,21)22)2-4-15(14)28(26)13-3-1-11(7-13)16(25)24-17(9-23)5-6-17/h2,4,8,11,13H,1,3,5-7,10H2,(H,24,25)/t11-,13-,28?/m1/s1. The van der Waals surface area contributed by atoms with Crippen LogP contribution in [0.5, 0.6) is 5.75 Å². The Hall–Kier alpha value is -1.79. The second kappa shape index (κ2) is 7.91. The molecule has 1 unspecified atom stereocenters. The molecule has 0 spiro atoms. The van der Waals surface area contributed by atoms with Crippen LogP contribution in [-0.2, 0) is 15.6 Å². The van der Waals surface area contributed by atoms with Crippen molar-refractivity contribution in [1.82, 2.24) is 5.32 Å². The van der Waals surface area contributed by atoms with Gasteiger partial charge in [-0.2, -0.15) is 18.4 Å². The van der Waals surface area contributed by atoms with E-state index in [-0.39, 0.29) is 27.8 Å². The summed E-state index contributed by atoms with van der Waals surface area (Å²) in [5.74, 6) is -0.563. The van der Waals surface area contributed by atoms with E-state index in [1.165, 1.54) is 18.2 Å². The lowest BCUT2D eigenvalue weighted by Crippen LogP contribution is -2.39. The molecule has 0 aliphatic heterocycles. The Morgan fingerprint density at radius 3 is 2.68 bits per heavy atom. The van der Waals surface area contributed by atoms with Gasteiger partial charge in [0, 0.05) is 11.2 Å². The first-order valence-electron chi connectivity index (χ1n) is 8.75. The van der Waals surface area contributed by atoms with Gasteiger partial charge in [-0.1, -0.05) is 11.6 Å². The number of nitriles is 1. The fraction of sp³-hybridized carbons (Fsp3) is 0.556. The minimum Gasteiger partial charge on any atom is -0.484 e. The van der Waals surface area contributed by atoms with E-state index in [9.17, 15) is 22.2 Å². The van der Waals surface area contributed by atoms with Gasteiger partial charge in [-0.15, -0.1) is 0 Å². The topological polar surface area (TPSA) is 79.2 Å². The smallest absolute Gasteiger partial charge is 0.422 e. The van der Waals surface area contributed by atoms with Crippen molar-refractivity contribution in [2.24, 2.45) is 5.92 Å². The van der Waals surface area contributed by atoms with Gasteiger partial charge >= 0.3 is 6.18 Å². The molecule has 0 aromatic heterocycles. The van der Waals surface area contributed by atoms with Crippen molar-refractivity contribution in [3.05, 3.63) is 23.2 Å². The second-order valence-corrected chi connectivity index (χ2v) is 9.22. The monoisotopic (exact) mass is 434 g/mol. The van der Waals surface area contributed by atoms with Crippen LogP contribution in [0.2, 0.25) is 5.02 Å². The molecule has 10 heteroatoms. The lowest BCUT2D eigenvalue weighted by atomic mass is 10.1.